The first-order valence-electron chi connectivity index (χ1n) is 6.16. The molecule has 1 N–H and O–H groups in total. The quantitative estimate of drug-likeness (QED) is 0.800. The highest BCUT2D eigenvalue weighted by molar-refractivity contribution is 5.81. The van der Waals surface area contributed by atoms with Crippen molar-refractivity contribution < 1.29 is 23.8 Å². The number of hydrogen-bond acceptors (Lipinski definition) is 5. The van der Waals surface area contributed by atoms with Crippen LogP contribution in [0.15, 0.2) is 24.3 Å². The summed E-state index contributed by atoms with van der Waals surface area (Å²) in [4.78, 5) is 22.8. The van der Waals surface area contributed by atoms with Crippen LogP contribution in [0.1, 0.15) is 12.0 Å². The van der Waals surface area contributed by atoms with Gasteiger partial charge in [0, 0.05) is 0 Å². The van der Waals surface area contributed by atoms with Gasteiger partial charge in [0.25, 0.3) is 0 Å². The number of rotatable bonds is 6. The van der Waals surface area contributed by atoms with E-state index in [2.05, 4.69) is 14.8 Å². The van der Waals surface area contributed by atoms with Crippen LogP contribution in [-0.4, -0.2) is 39.4 Å². The van der Waals surface area contributed by atoms with Gasteiger partial charge in [0.1, 0.15) is 11.8 Å². The first-order chi connectivity index (χ1) is 9.60. The number of carbonyl (C=O) groups is 2. The van der Waals surface area contributed by atoms with Gasteiger partial charge in [0.15, 0.2) is 0 Å². The summed E-state index contributed by atoms with van der Waals surface area (Å²) in [6, 6.07) is 6.78. The maximum atomic E-state index is 11.6. The molecule has 1 aromatic rings. The summed E-state index contributed by atoms with van der Waals surface area (Å²) in [5, 5.41) is 2.45. The number of methoxy groups -OCH3 is 3. The van der Waals surface area contributed by atoms with Crippen LogP contribution in [0.25, 0.3) is 0 Å². The van der Waals surface area contributed by atoms with E-state index in [4.69, 9.17) is 4.74 Å². The number of alkyl carbamates (subject to hydrolysis) is 1. The standard InChI is InChI=1S/C14H19NO5/c1-18-11-7-4-10(5-8-11)6-9-12(13(16)19-2)15-14(17)20-3/h4-5,7-8,12H,6,9H2,1-3H3,(H,15,17)/t12-/m0/s1. The first-order valence-corrected chi connectivity index (χ1v) is 6.16. The third kappa shape index (κ3) is 4.79. The van der Waals surface area contributed by atoms with E-state index >= 15 is 0 Å². The van der Waals surface area contributed by atoms with E-state index in [-0.39, 0.29) is 0 Å². The van der Waals surface area contributed by atoms with Gasteiger partial charge < -0.3 is 19.5 Å². The molecular weight excluding hydrogens is 262 g/mol. The highest BCUT2D eigenvalue weighted by atomic mass is 16.5. The molecule has 20 heavy (non-hydrogen) atoms. The minimum atomic E-state index is -0.727. The van der Waals surface area contributed by atoms with Gasteiger partial charge in [-0.25, -0.2) is 9.59 Å². The number of hydrogen-bond donors (Lipinski definition) is 1. The molecule has 110 valence electrons. The molecule has 1 atom stereocenters. The van der Waals surface area contributed by atoms with Crippen LogP contribution in [0, 0.1) is 0 Å². The largest absolute Gasteiger partial charge is 0.497 e. The van der Waals surface area contributed by atoms with E-state index < -0.39 is 18.1 Å². The summed E-state index contributed by atoms with van der Waals surface area (Å²) in [5.74, 6) is 0.273. The number of amides is 1. The molecule has 6 nitrogen and oxygen atoms in total. The molecule has 0 spiro atoms. The van der Waals surface area contributed by atoms with Crippen molar-refractivity contribution in [1.82, 2.24) is 5.32 Å². The smallest absolute Gasteiger partial charge is 0.407 e. The fourth-order valence-electron chi connectivity index (χ4n) is 1.70. The Balaban J connectivity index is 2.60. The molecule has 1 rings (SSSR count). The highest BCUT2D eigenvalue weighted by Gasteiger charge is 2.21. The minimum absolute atomic E-state index is 0.425. The molecule has 0 aliphatic rings. The van der Waals surface area contributed by atoms with Crippen molar-refractivity contribution in [1.29, 1.82) is 0 Å². The molecule has 1 aromatic carbocycles. The monoisotopic (exact) mass is 281 g/mol. The lowest BCUT2D eigenvalue weighted by Gasteiger charge is -2.15. The fraction of sp³-hybridized carbons (Fsp3) is 0.429. The molecule has 0 radical (unpaired) electrons. The molecule has 0 saturated heterocycles. The molecule has 0 heterocycles. The molecule has 0 aromatic heterocycles. The van der Waals surface area contributed by atoms with Gasteiger partial charge in [-0.2, -0.15) is 0 Å². The lowest BCUT2D eigenvalue weighted by molar-refractivity contribution is -0.143. The molecule has 6 heteroatoms. The highest BCUT2D eigenvalue weighted by Crippen LogP contribution is 2.13. The lowest BCUT2D eigenvalue weighted by Crippen LogP contribution is -2.41. The van der Waals surface area contributed by atoms with Crippen LogP contribution < -0.4 is 10.1 Å². The van der Waals surface area contributed by atoms with Crippen molar-refractivity contribution in [2.24, 2.45) is 0 Å². The second-order valence-corrected chi connectivity index (χ2v) is 4.10. The zero-order chi connectivity index (χ0) is 15.0. The van der Waals surface area contributed by atoms with Gasteiger partial charge in [-0.3, -0.25) is 0 Å². The van der Waals surface area contributed by atoms with Crippen molar-refractivity contribution in [3.8, 4) is 5.75 Å². The minimum Gasteiger partial charge on any atom is -0.497 e. The van der Waals surface area contributed by atoms with Gasteiger partial charge >= 0.3 is 12.1 Å². The van der Waals surface area contributed by atoms with Crippen LogP contribution in [0.2, 0.25) is 0 Å². The lowest BCUT2D eigenvalue weighted by atomic mass is 10.1. The number of nitrogens with one attached hydrogen (secondary N) is 1. The van der Waals surface area contributed by atoms with Crippen LogP contribution in [0.4, 0.5) is 4.79 Å². The predicted molar refractivity (Wildman–Crippen MR) is 72.7 cm³/mol. The van der Waals surface area contributed by atoms with Crippen LogP contribution in [-0.2, 0) is 20.7 Å². The Morgan fingerprint density at radius 2 is 1.75 bits per heavy atom. The summed E-state index contributed by atoms with van der Waals surface area (Å²) in [7, 11) is 4.12. The number of benzene rings is 1. The summed E-state index contributed by atoms with van der Waals surface area (Å²) < 4.78 is 14.2. The van der Waals surface area contributed by atoms with Gasteiger partial charge in [-0.1, -0.05) is 12.1 Å². The first kappa shape index (κ1) is 15.8. The number of ether oxygens (including phenoxy) is 3. The Morgan fingerprint density at radius 1 is 1.10 bits per heavy atom. The maximum absolute atomic E-state index is 11.6. The fourth-order valence-corrected chi connectivity index (χ4v) is 1.70. The van der Waals surface area contributed by atoms with Crippen LogP contribution in [0.5, 0.6) is 5.75 Å². The van der Waals surface area contributed by atoms with E-state index in [1.807, 2.05) is 24.3 Å². The second kappa shape index (κ2) is 8.04. The number of carbonyl (C=O) groups excluding carboxylic acids is 2. The van der Waals surface area contributed by atoms with Crippen molar-refractivity contribution in [2.75, 3.05) is 21.3 Å². The van der Waals surface area contributed by atoms with E-state index in [1.165, 1.54) is 14.2 Å². The zero-order valence-corrected chi connectivity index (χ0v) is 11.8. The molecule has 0 bridgehead atoms. The van der Waals surface area contributed by atoms with Gasteiger partial charge in [0.2, 0.25) is 0 Å². The summed E-state index contributed by atoms with van der Waals surface area (Å²) in [6.07, 6.45) is 0.386. The van der Waals surface area contributed by atoms with E-state index in [0.29, 0.717) is 12.8 Å². The normalized spacial score (nSPS) is 11.3. The molecular formula is C14H19NO5. The number of aryl methyl sites for hydroxylation is 1. The third-order valence-corrected chi connectivity index (χ3v) is 2.84. The Hall–Kier alpha value is -2.24. The second-order valence-electron chi connectivity index (χ2n) is 4.10. The summed E-state index contributed by atoms with van der Waals surface area (Å²) in [6.45, 7) is 0. The van der Waals surface area contributed by atoms with Crippen molar-refractivity contribution in [3.63, 3.8) is 0 Å². The van der Waals surface area contributed by atoms with Gasteiger partial charge in [-0.15, -0.1) is 0 Å². The van der Waals surface area contributed by atoms with E-state index in [1.54, 1.807) is 7.11 Å². The van der Waals surface area contributed by atoms with Crippen LogP contribution >= 0.6 is 0 Å². The SMILES string of the molecule is COC(=O)N[C@@H](CCc1ccc(OC)cc1)C(=O)OC. The summed E-state index contributed by atoms with van der Waals surface area (Å²) >= 11 is 0. The Bertz CT molecular complexity index is 443. The molecule has 0 unspecified atom stereocenters. The zero-order valence-electron chi connectivity index (χ0n) is 11.8. The molecule has 0 fully saturated rings. The molecule has 0 saturated carbocycles. The predicted octanol–water partition coefficient (Wildman–Crippen LogP) is 1.53. The molecule has 0 aliphatic heterocycles. The average Bonchev–Trinajstić information content (AvgIpc) is 2.50. The van der Waals surface area contributed by atoms with Gasteiger partial charge in [0.05, 0.1) is 21.3 Å². The Morgan fingerprint density at radius 3 is 2.25 bits per heavy atom. The van der Waals surface area contributed by atoms with Crippen molar-refractivity contribution in [2.45, 2.75) is 18.9 Å². The van der Waals surface area contributed by atoms with Crippen molar-refractivity contribution in [3.05, 3.63) is 29.8 Å². The summed E-state index contributed by atoms with van der Waals surface area (Å²) in [5.41, 5.74) is 1.03. The van der Waals surface area contributed by atoms with Crippen LogP contribution in [0.3, 0.4) is 0 Å². The van der Waals surface area contributed by atoms with Crippen molar-refractivity contribution >= 4 is 12.1 Å². The Kier molecular flexibility index (Phi) is 6.36. The average molecular weight is 281 g/mol. The maximum Gasteiger partial charge on any atom is 0.407 e. The topological polar surface area (TPSA) is 73.9 Å². The van der Waals surface area contributed by atoms with E-state index in [0.717, 1.165) is 11.3 Å². The molecule has 0 aliphatic carbocycles. The third-order valence-electron chi connectivity index (χ3n) is 2.84. The Labute approximate surface area is 118 Å². The van der Waals surface area contributed by atoms with Gasteiger partial charge in [-0.05, 0) is 30.5 Å². The van der Waals surface area contributed by atoms with E-state index in [9.17, 15) is 9.59 Å². The molecule has 1 amide bonds. The number of esters is 1.